The smallest absolute Gasteiger partial charge is 0.115 e. The summed E-state index contributed by atoms with van der Waals surface area (Å²) in [5.74, 6) is 1.28. The van der Waals surface area contributed by atoms with E-state index in [-0.39, 0.29) is 0 Å². The Bertz CT molecular complexity index is 338. The molecule has 1 heterocycles. The first-order valence-electron chi connectivity index (χ1n) is 6.73. The molecule has 1 aromatic carbocycles. The van der Waals surface area contributed by atoms with Gasteiger partial charge in [0.2, 0.25) is 0 Å². The molecule has 0 amide bonds. The quantitative estimate of drug-likeness (QED) is 0.862. The summed E-state index contributed by atoms with van der Waals surface area (Å²) >= 11 is 0. The summed E-state index contributed by atoms with van der Waals surface area (Å²) in [7, 11) is 0. The number of hydrogen-bond acceptors (Lipinski definition) is 2. The Labute approximate surface area is 104 Å². The first-order chi connectivity index (χ1) is 8.20. The lowest BCUT2D eigenvalue weighted by atomic mass is 9.93. The topological polar surface area (TPSA) is 23.5 Å². The second kappa shape index (κ2) is 5.54. The fourth-order valence-electron chi connectivity index (χ4n) is 2.71. The monoisotopic (exact) mass is 233 g/mol. The van der Waals surface area contributed by atoms with E-state index in [1.807, 2.05) is 12.1 Å². The van der Waals surface area contributed by atoms with Gasteiger partial charge in [-0.3, -0.25) is 4.90 Å². The van der Waals surface area contributed by atoms with Crippen molar-refractivity contribution in [2.24, 2.45) is 5.92 Å². The van der Waals surface area contributed by atoms with Crippen LogP contribution in [0.5, 0.6) is 5.75 Å². The maximum Gasteiger partial charge on any atom is 0.115 e. The van der Waals surface area contributed by atoms with Gasteiger partial charge in [0.1, 0.15) is 5.75 Å². The highest BCUT2D eigenvalue weighted by Gasteiger charge is 2.22. The van der Waals surface area contributed by atoms with E-state index in [9.17, 15) is 5.11 Å². The van der Waals surface area contributed by atoms with E-state index in [0.717, 1.165) is 5.92 Å². The highest BCUT2D eigenvalue weighted by atomic mass is 16.3. The van der Waals surface area contributed by atoms with E-state index in [1.54, 1.807) is 12.1 Å². The minimum atomic E-state index is 0.352. The van der Waals surface area contributed by atoms with Crippen LogP contribution in [-0.4, -0.2) is 23.1 Å². The minimum Gasteiger partial charge on any atom is -0.508 e. The van der Waals surface area contributed by atoms with Crippen LogP contribution in [0.4, 0.5) is 0 Å². The maximum absolute atomic E-state index is 9.30. The second-order valence-corrected chi connectivity index (χ2v) is 5.16. The first kappa shape index (κ1) is 12.4. The molecule has 0 radical (unpaired) electrons. The Morgan fingerprint density at radius 3 is 2.35 bits per heavy atom. The van der Waals surface area contributed by atoms with Crippen LogP contribution < -0.4 is 0 Å². The molecular formula is C15H23NO. The summed E-state index contributed by atoms with van der Waals surface area (Å²) in [6, 6.07) is 8.10. The largest absolute Gasteiger partial charge is 0.508 e. The summed E-state index contributed by atoms with van der Waals surface area (Å²) in [5, 5.41) is 9.30. The van der Waals surface area contributed by atoms with Crippen LogP contribution in [0.2, 0.25) is 0 Å². The molecule has 1 saturated heterocycles. The van der Waals surface area contributed by atoms with Crippen molar-refractivity contribution in [2.45, 2.75) is 39.2 Å². The molecule has 0 bridgehead atoms. The van der Waals surface area contributed by atoms with Crippen molar-refractivity contribution in [3.05, 3.63) is 29.8 Å². The fourth-order valence-corrected chi connectivity index (χ4v) is 2.71. The molecule has 2 nitrogen and oxygen atoms in total. The van der Waals surface area contributed by atoms with Gasteiger partial charge in [-0.25, -0.2) is 0 Å². The van der Waals surface area contributed by atoms with E-state index in [1.165, 1.54) is 37.9 Å². The van der Waals surface area contributed by atoms with Gasteiger partial charge in [-0.2, -0.15) is 0 Å². The predicted molar refractivity (Wildman–Crippen MR) is 71.1 cm³/mol. The molecule has 94 valence electrons. The van der Waals surface area contributed by atoms with Crippen LogP contribution >= 0.6 is 0 Å². The number of likely N-dealkylation sites (tertiary alicyclic amines) is 1. The third kappa shape index (κ3) is 3.01. The summed E-state index contributed by atoms with van der Waals surface area (Å²) < 4.78 is 0. The van der Waals surface area contributed by atoms with E-state index in [4.69, 9.17) is 0 Å². The molecule has 0 aromatic heterocycles. The van der Waals surface area contributed by atoms with Gasteiger partial charge in [-0.05, 0) is 56.5 Å². The fraction of sp³-hybridized carbons (Fsp3) is 0.600. The zero-order valence-corrected chi connectivity index (χ0v) is 10.9. The van der Waals surface area contributed by atoms with Crippen LogP contribution in [0.15, 0.2) is 24.3 Å². The molecule has 2 heteroatoms. The average Bonchev–Trinajstić information content (AvgIpc) is 2.39. The van der Waals surface area contributed by atoms with Gasteiger partial charge in [-0.1, -0.05) is 25.5 Å². The SMILES string of the molecule is CCC1CCN(C(C)c2ccc(O)cc2)CC1. The number of phenolic OH excluding ortho intramolecular Hbond substituents is 1. The van der Waals surface area contributed by atoms with Crippen molar-refractivity contribution in [2.75, 3.05) is 13.1 Å². The van der Waals surface area contributed by atoms with Crippen molar-refractivity contribution in [1.29, 1.82) is 0 Å². The number of rotatable bonds is 3. The third-order valence-corrected chi connectivity index (χ3v) is 4.15. The Morgan fingerprint density at radius 2 is 1.82 bits per heavy atom. The van der Waals surface area contributed by atoms with E-state index in [0.29, 0.717) is 11.8 Å². The lowest BCUT2D eigenvalue weighted by Gasteiger charge is -2.36. The molecule has 0 spiro atoms. The van der Waals surface area contributed by atoms with Gasteiger partial charge in [-0.15, -0.1) is 0 Å². The van der Waals surface area contributed by atoms with Gasteiger partial charge < -0.3 is 5.11 Å². The Morgan fingerprint density at radius 1 is 1.24 bits per heavy atom. The van der Waals surface area contributed by atoms with E-state index in [2.05, 4.69) is 18.7 Å². The van der Waals surface area contributed by atoms with Gasteiger partial charge in [0, 0.05) is 6.04 Å². The Hall–Kier alpha value is -1.02. The number of hydrogen-bond donors (Lipinski definition) is 1. The van der Waals surface area contributed by atoms with Crippen molar-refractivity contribution in [1.82, 2.24) is 4.90 Å². The number of piperidine rings is 1. The number of nitrogens with zero attached hydrogens (tertiary/aromatic N) is 1. The Balaban J connectivity index is 1.96. The minimum absolute atomic E-state index is 0.352. The normalized spacial score (nSPS) is 20.4. The van der Waals surface area contributed by atoms with Crippen LogP contribution in [0.1, 0.15) is 44.7 Å². The van der Waals surface area contributed by atoms with Gasteiger partial charge >= 0.3 is 0 Å². The van der Waals surface area contributed by atoms with Crippen LogP contribution in [0.3, 0.4) is 0 Å². The lowest BCUT2D eigenvalue weighted by Crippen LogP contribution is -2.35. The van der Waals surface area contributed by atoms with Gasteiger partial charge in [0.05, 0.1) is 0 Å². The molecule has 2 rings (SSSR count). The zero-order chi connectivity index (χ0) is 12.3. The summed E-state index contributed by atoms with van der Waals surface area (Å²) in [5.41, 5.74) is 1.30. The molecule has 1 unspecified atom stereocenters. The Kier molecular flexibility index (Phi) is 4.06. The number of aromatic hydroxyl groups is 1. The summed E-state index contributed by atoms with van der Waals surface area (Å²) in [6.07, 6.45) is 3.99. The molecule has 1 aliphatic rings. The van der Waals surface area contributed by atoms with Crippen molar-refractivity contribution >= 4 is 0 Å². The predicted octanol–water partition coefficient (Wildman–Crippen LogP) is 3.58. The van der Waals surface area contributed by atoms with E-state index >= 15 is 0 Å². The molecule has 1 fully saturated rings. The van der Waals surface area contributed by atoms with Crippen molar-refractivity contribution < 1.29 is 5.11 Å². The number of benzene rings is 1. The molecular weight excluding hydrogens is 210 g/mol. The maximum atomic E-state index is 9.30. The van der Waals surface area contributed by atoms with E-state index < -0.39 is 0 Å². The zero-order valence-electron chi connectivity index (χ0n) is 10.9. The highest BCUT2D eigenvalue weighted by Crippen LogP contribution is 2.28. The summed E-state index contributed by atoms with van der Waals surface area (Å²) in [4.78, 5) is 2.55. The molecule has 17 heavy (non-hydrogen) atoms. The molecule has 0 saturated carbocycles. The van der Waals surface area contributed by atoms with Crippen molar-refractivity contribution in [3.8, 4) is 5.75 Å². The van der Waals surface area contributed by atoms with Gasteiger partial charge in [0.15, 0.2) is 0 Å². The summed E-state index contributed by atoms with van der Waals surface area (Å²) in [6.45, 7) is 6.98. The van der Waals surface area contributed by atoms with Crippen LogP contribution in [0.25, 0.3) is 0 Å². The lowest BCUT2D eigenvalue weighted by molar-refractivity contribution is 0.139. The second-order valence-electron chi connectivity index (χ2n) is 5.16. The van der Waals surface area contributed by atoms with Crippen LogP contribution in [0, 0.1) is 5.92 Å². The first-order valence-corrected chi connectivity index (χ1v) is 6.73. The highest BCUT2D eigenvalue weighted by molar-refractivity contribution is 5.27. The third-order valence-electron chi connectivity index (χ3n) is 4.15. The average molecular weight is 233 g/mol. The van der Waals surface area contributed by atoms with Crippen LogP contribution in [-0.2, 0) is 0 Å². The molecule has 1 atom stereocenters. The molecule has 1 aromatic rings. The molecule has 1 aliphatic heterocycles. The number of phenols is 1. The molecule has 1 N–H and O–H groups in total. The standard InChI is InChI=1S/C15H23NO/c1-3-13-8-10-16(11-9-13)12(2)14-4-6-15(17)7-5-14/h4-7,12-13,17H,3,8-11H2,1-2H3. The van der Waals surface area contributed by atoms with Crippen molar-refractivity contribution in [3.63, 3.8) is 0 Å². The van der Waals surface area contributed by atoms with Gasteiger partial charge in [0.25, 0.3) is 0 Å². The molecule has 0 aliphatic carbocycles.